The van der Waals surface area contributed by atoms with Crippen LogP contribution in [0.4, 0.5) is 0 Å². The number of rotatable bonds is 6. The third-order valence-corrected chi connectivity index (χ3v) is 3.82. The van der Waals surface area contributed by atoms with E-state index in [2.05, 4.69) is 12.2 Å². The number of halogens is 1. The van der Waals surface area contributed by atoms with Gasteiger partial charge in [-0.2, -0.15) is 0 Å². The maximum absolute atomic E-state index is 6.16. The highest BCUT2D eigenvalue weighted by molar-refractivity contribution is 6.30. The average Bonchev–Trinajstić information content (AvgIpc) is 2.90. The van der Waals surface area contributed by atoms with Crippen molar-refractivity contribution in [1.82, 2.24) is 5.32 Å². The van der Waals surface area contributed by atoms with Crippen molar-refractivity contribution in [2.75, 3.05) is 13.1 Å². The summed E-state index contributed by atoms with van der Waals surface area (Å²) in [7, 11) is 0. The van der Waals surface area contributed by atoms with E-state index in [0.29, 0.717) is 12.0 Å². The number of nitrogens with one attached hydrogen (secondary N) is 1. The molecule has 1 saturated heterocycles. The van der Waals surface area contributed by atoms with Gasteiger partial charge >= 0.3 is 0 Å². The molecule has 0 aromatic heterocycles. The van der Waals surface area contributed by atoms with Gasteiger partial charge in [-0.25, -0.2) is 0 Å². The van der Waals surface area contributed by atoms with E-state index in [4.69, 9.17) is 16.3 Å². The molecule has 1 fully saturated rings. The lowest BCUT2D eigenvalue weighted by molar-refractivity contribution is 0.130. The van der Waals surface area contributed by atoms with Crippen LogP contribution in [0.25, 0.3) is 0 Å². The molecule has 100 valence electrons. The highest BCUT2D eigenvalue weighted by Gasteiger charge is 2.25. The molecule has 1 unspecified atom stereocenters. The maximum atomic E-state index is 6.16. The summed E-state index contributed by atoms with van der Waals surface area (Å²) in [5.41, 5.74) is 0. The van der Waals surface area contributed by atoms with E-state index in [1.54, 1.807) is 0 Å². The van der Waals surface area contributed by atoms with Crippen LogP contribution in [0.5, 0.6) is 5.75 Å². The molecule has 1 aliphatic heterocycles. The van der Waals surface area contributed by atoms with Gasteiger partial charge < -0.3 is 10.1 Å². The van der Waals surface area contributed by atoms with E-state index in [9.17, 15) is 0 Å². The predicted molar refractivity (Wildman–Crippen MR) is 76.4 cm³/mol. The van der Waals surface area contributed by atoms with Crippen molar-refractivity contribution >= 4 is 11.6 Å². The zero-order valence-corrected chi connectivity index (χ0v) is 11.7. The molecule has 2 nitrogen and oxygen atoms in total. The first-order valence-electron chi connectivity index (χ1n) is 6.92. The summed E-state index contributed by atoms with van der Waals surface area (Å²) in [6.07, 6.45) is 5.16. The third-order valence-electron chi connectivity index (χ3n) is 3.57. The molecule has 0 aliphatic carbocycles. The van der Waals surface area contributed by atoms with E-state index in [0.717, 1.165) is 30.3 Å². The van der Waals surface area contributed by atoms with Gasteiger partial charge in [0, 0.05) is 17.5 Å². The quantitative estimate of drug-likeness (QED) is 0.844. The minimum absolute atomic E-state index is 0.334. The summed E-state index contributed by atoms with van der Waals surface area (Å²) in [6.45, 7) is 4.44. The Morgan fingerprint density at radius 3 is 2.78 bits per heavy atom. The predicted octanol–water partition coefficient (Wildman–Crippen LogP) is 3.89. The molecule has 0 spiro atoms. The van der Waals surface area contributed by atoms with E-state index in [1.807, 2.05) is 24.3 Å². The first-order chi connectivity index (χ1) is 8.79. The highest BCUT2D eigenvalue weighted by Crippen LogP contribution is 2.24. The second-order valence-electron chi connectivity index (χ2n) is 5.01. The number of hydrogen-bond donors (Lipinski definition) is 1. The van der Waals surface area contributed by atoms with E-state index < -0.39 is 0 Å². The molecule has 2 rings (SSSR count). The van der Waals surface area contributed by atoms with Gasteiger partial charge in [0.2, 0.25) is 0 Å². The topological polar surface area (TPSA) is 21.3 Å². The van der Waals surface area contributed by atoms with Crippen molar-refractivity contribution in [1.29, 1.82) is 0 Å². The lowest BCUT2D eigenvalue weighted by Gasteiger charge is -2.24. The molecule has 0 radical (unpaired) electrons. The van der Waals surface area contributed by atoms with Crippen molar-refractivity contribution in [2.45, 2.75) is 38.7 Å². The Balaban J connectivity index is 1.97. The Labute approximate surface area is 115 Å². The van der Waals surface area contributed by atoms with Gasteiger partial charge in [-0.05, 0) is 43.7 Å². The molecule has 3 heteroatoms. The lowest BCUT2D eigenvalue weighted by Crippen LogP contribution is -2.28. The van der Waals surface area contributed by atoms with Crippen LogP contribution >= 0.6 is 11.6 Å². The molecule has 1 N–H and O–H groups in total. The zero-order chi connectivity index (χ0) is 12.8. The van der Waals surface area contributed by atoms with Crippen molar-refractivity contribution in [3.63, 3.8) is 0 Å². The minimum Gasteiger partial charge on any atom is -0.490 e. The molecular weight excluding hydrogens is 246 g/mol. The van der Waals surface area contributed by atoms with Crippen LogP contribution in [0.1, 0.15) is 32.6 Å². The van der Waals surface area contributed by atoms with Crippen molar-refractivity contribution < 1.29 is 4.74 Å². The van der Waals surface area contributed by atoms with Crippen LogP contribution in [0.3, 0.4) is 0 Å². The van der Waals surface area contributed by atoms with Crippen LogP contribution in [0, 0.1) is 5.92 Å². The molecule has 18 heavy (non-hydrogen) atoms. The van der Waals surface area contributed by atoms with Crippen molar-refractivity contribution in [2.24, 2.45) is 5.92 Å². The zero-order valence-electron chi connectivity index (χ0n) is 11.0. The van der Waals surface area contributed by atoms with E-state index in [1.165, 1.54) is 19.3 Å². The lowest BCUT2D eigenvalue weighted by atomic mass is 9.97. The largest absolute Gasteiger partial charge is 0.490 e. The molecular formula is C15H22ClNO. The van der Waals surface area contributed by atoms with Crippen LogP contribution in [-0.2, 0) is 0 Å². The van der Waals surface area contributed by atoms with Crippen molar-refractivity contribution in [3.8, 4) is 5.75 Å². The average molecular weight is 268 g/mol. The third kappa shape index (κ3) is 3.89. The number of ether oxygens (including phenoxy) is 1. The summed E-state index contributed by atoms with van der Waals surface area (Å²) in [4.78, 5) is 0. The van der Waals surface area contributed by atoms with E-state index >= 15 is 0 Å². The first-order valence-corrected chi connectivity index (χ1v) is 7.30. The summed E-state index contributed by atoms with van der Waals surface area (Å²) in [6, 6.07) is 7.70. The van der Waals surface area contributed by atoms with Gasteiger partial charge in [0.25, 0.3) is 0 Å². The molecule has 0 bridgehead atoms. The molecule has 2 atom stereocenters. The van der Waals surface area contributed by atoms with Gasteiger partial charge in [0.15, 0.2) is 0 Å². The number of benzene rings is 1. The molecule has 1 aromatic rings. The van der Waals surface area contributed by atoms with Gasteiger partial charge in [0.1, 0.15) is 11.9 Å². The number of hydrogen-bond acceptors (Lipinski definition) is 2. The summed E-state index contributed by atoms with van der Waals surface area (Å²) < 4.78 is 6.16. The second kappa shape index (κ2) is 7.01. The maximum Gasteiger partial charge on any atom is 0.119 e. The first kappa shape index (κ1) is 13.7. The fourth-order valence-corrected chi connectivity index (χ4v) is 2.60. The fourth-order valence-electron chi connectivity index (χ4n) is 2.48. The summed E-state index contributed by atoms with van der Waals surface area (Å²) in [5, 5.41) is 4.18. The number of unbranched alkanes of at least 4 members (excludes halogenated alkanes) is 1. The normalized spacial score (nSPS) is 20.9. The Morgan fingerprint density at radius 1 is 1.39 bits per heavy atom. The SMILES string of the molecule is CCCC[C@@H](Oc1ccc(Cl)cc1)C1CCNC1. The Morgan fingerprint density at radius 2 is 2.17 bits per heavy atom. The van der Waals surface area contributed by atoms with Gasteiger partial charge in [-0.3, -0.25) is 0 Å². The van der Waals surface area contributed by atoms with Gasteiger partial charge in [0.05, 0.1) is 0 Å². The molecule has 0 amide bonds. The van der Waals surface area contributed by atoms with Crippen LogP contribution in [0.15, 0.2) is 24.3 Å². The molecule has 0 saturated carbocycles. The molecule has 1 heterocycles. The Hall–Kier alpha value is -0.730. The molecule has 1 aliphatic rings. The van der Waals surface area contributed by atoms with Crippen molar-refractivity contribution in [3.05, 3.63) is 29.3 Å². The van der Waals surface area contributed by atoms with Crippen LogP contribution in [-0.4, -0.2) is 19.2 Å². The Kier molecular flexibility index (Phi) is 5.33. The van der Waals surface area contributed by atoms with Crippen LogP contribution < -0.4 is 10.1 Å². The highest BCUT2D eigenvalue weighted by atomic mass is 35.5. The van der Waals surface area contributed by atoms with E-state index in [-0.39, 0.29) is 0 Å². The monoisotopic (exact) mass is 267 g/mol. The van der Waals surface area contributed by atoms with Crippen LogP contribution in [0.2, 0.25) is 5.02 Å². The second-order valence-corrected chi connectivity index (χ2v) is 5.44. The minimum atomic E-state index is 0.334. The van der Waals surface area contributed by atoms with Gasteiger partial charge in [-0.15, -0.1) is 0 Å². The standard InChI is InChI=1S/C15H22ClNO/c1-2-3-4-15(12-9-10-17-11-12)18-14-7-5-13(16)6-8-14/h5-8,12,15,17H,2-4,9-11H2,1H3/t12?,15-/m1/s1. The fraction of sp³-hybridized carbons (Fsp3) is 0.600. The molecule has 1 aromatic carbocycles. The smallest absolute Gasteiger partial charge is 0.119 e. The summed E-state index contributed by atoms with van der Waals surface area (Å²) in [5.74, 6) is 1.58. The summed E-state index contributed by atoms with van der Waals surface area (Å²) >= 11 is 5.89. The Bertz CT molecular complexity index is 346. The van der Waals surface area contributed by atoms with Gasteiger partial charge in [-0.1, -0.05) is 31.4 Å².